The maximum atomic E-state index is 13.5. The van der Waals surface area contributed by atoms with Crippen LogP contribution in [0, 0.1) is 6.92 Å². The van der Waals surface area contributed by atoms with Gasteiger partial charge in [0.1, 0.15) is 5.60 Å². The second-order valence-electron chi connectivity index (χ2n) is 13.2. The van der Waals surface area contributed by atoms with Crippen molar-refractivity contribution < 1.29 is 19.1 Å². The number of likely N-dealkylation sites (tertiary alicyclic amines) is 1. The molecule has 42 heavy (non-hydrogen) atoms. The predicted molar refractivity (Wildman–Crippen MR) is 167 cm³/mol. The molecule has 226 valence electrons. The topological polar surface area (TPSA) is 70.2 Å². The van der Waals surface area contributed by atoms with E-state index in [1.165, 1.54) is 22.3 Å². The normalized spacial score (nSPS) is 20.0. The fourth-order valence-corrected chi connectivity index (χ4v) is 7.84. The molecule has 7 nitrogen and oxygen atoms in total. The smallest absolute Gasteiger partial charge is 0.410 e. The summed E-state index contributed by atoms with van der Waals surface area (Å²) in [6, 6.07) is 14.7. The minimum Gasteiger partial charge on any atom is -0.444 e. The average Bonchev–Trinajstić information content (AvgIpc) is 3.25. The van der Waals surface area contributed by atoms with Gasteiger partial charge in [-0.1, -0.05) is 52.3 Å². The number of amides is 3. The second-order valence-corrected chi connectivity index (χ2v) is 14.1. The molecule has 5 rings (SSSR count). The maximum absolute atomic E-state index is 13.5. The molecule has 0 bridgehead atoms. The van der Waals surface area contributed by atoms with Gasteiger partial charge in [0.2, 0.25) is 11.8 Å². The number of hydrogen-bond donors (Lipinski definition) is 0. The molecule has 3 aliphatic rings. The zero-order valence-electron chi connectivity index (χ0n) is 25.5. The molecular weight excluding hydrogens is 594 g/mol. The van der Waals surface area contributed by atoms with Crippen molar-refractivity contribution in [2.75, 3.05) is 39.3 Å². The summed E-state index contributed by atoms with van der Waals surface area (Å²) in [5, 5.41) is 0. The monoisotopic (exact) mass is 637 g/mol. The maximum Gasteiger partial charge on any atom is 0.410 e. The predicted octanol–water partition coefficient (Wildman–Crippen LogP) is 6.21. The van der Waals surface area contributed by atoms with Gasteiger partial charge in [-0.2, -0.15) is 0 Å². The highest BCUT2D eigenvalue weighted by atomic mass is 79.9. The third kappa shape index (κ3) is 6.69. The standard InChI is InChI=1S/C34H44BrN3O4/c1-24-8-5-6-9-25(24)12-13-29(39)36-16-14-34(15-17-36)23-26(27-10-7-11-28(35)31(27)34)22-30(40)37-18-20-38(21-19-37)32(41)42-33(2,3)4/h5-11,26H,12-23H2,1-4H3. The van der Waals surface area contributed by atoms with Crippen molar-refractivity contribution in [1.29, 1.82) is 0 Å². The van der Waals surface area contributed by atoms with Gasteiger partial charge in [-0.15, -0.1) is 0 Å². The van der Waals surface area contributed by atoms with Crippen LogP contribution < -0.4 is 0 Å². The number of fused-ring (bicyclic) bond motifs is 2. The number of carbonyl (C=O) groups is 3. The molecule has 2 aromatic rings. The van der Waals surface area contributed by atoms with E-state index >= 15 is 0 Å². The van der Waals surface area contributed by atoms with Gasteiger partial charge in [-0.05, 0) is 87.6 Å². The van der Waals surface area contributed by atoms with Crippen LogP contribution in [0.2, 0.25) is 0 Å². The Labute approximate surface area is 258 Å². The van der Waals surface area contributed by atoms with Gasteiger partial charge in [0, 0.05) is 62.0 Å². The van der Waals surface area contributed by atoms with Gasteiger partial charge < -0.3 is 19.4 Å². The number of rotatable bonds is 5. The molecule has 2 saturated heterocycles. The molecule has 2 fully saturated rings. The first-order valence-corrected chi connectivity index (χ1v) is 16.1. The van der Waals surface area contributed by atoms with Gasteiger partial charge in [0.05, 0.1) is 0 Å². The summed E-state index contributed by atoms with van der Waals surface area (Å²) in [6.45, 7) is 11.2. The highest BCUT2D eigenvalue weighted by Gasteiger charge is 2.47. The molecule has 1 aliphatic carbocycles. The van der Waals surface area contributed by atoms with Gasteiger partial charge in [0.15, 0.2) is 0 Å². The molecular formula is C34H44BrN3O4. The average molecular weight is 639 g/mol. The lowest BCUT2D eigenvalue weighted by Gasteiger charge is -2.41. The number of carbonyl (C=O) groups excluding carboxylic acids is 3. The summed E-state index contributed by atoms with van der Waals surface area (Å²) >= 11 is 3.85. The number of benzene rings is 2. The van der Waals surface area contributed by atoms with Crippen LogP contribution in [0.4, 0.5) is 4.79 Å². The molecule has 1 unspecified atom stereocenters. The number of hydrogen-bond acceptors (Lipinski definition) is 4. The summed E-state index contributed by atoms with van der Waals surface area (Å²) in [6.07, 6.45) is 4.23. The third-order valence-corrected chi connectivity index (χ3v) is 9.96. The van der Waals surface area contributed by atoms with Crippen molar-refractivity contribution in [2.24, 2.45) is 0 Å². The first kappa shape index (κ1) is 30.6. The van der Waals surface area contributed by atoms with Crippen LogP contribution in [0.5, 0.6) is 0 Å². The Bertz CT molecular complexity index is 1320. The van der Waals surface area contributed by atoms with Crippen LogP contribution in [0.25, 0.3) is 0 Å². The van der Waals surface area contributed by atoms with Crippen LogP contribution in [-0.4, -0.2) is 77.5 Å². The number of aryl methyl sites for hydroxylation is 2. The summed E-state index contributed by atoms with van der Waals surface area (Å²) in [5.74, 6) is 0.531. The highest BCUT2D eigenvalue weighted by Crippen LogP contribution is 2.55. The van der Waals surface area contributed by atoms with Crippen molar-refractivity contribution in [3.63, 3.8) is 0 Å². The number of piperidine rings is 1. The Morgan fingerprint density at radius 1 is 0.881 bits per heavy atom. The quantitative estimate of drug-likeness (QED) is 0.391. The molecule has 0 aromatic heterocycles. The highest BCUT2D eigenvalue weighted by molar-refractivity contribution is 9.10. The van der Waals surface area contributed by atoms with Crippen molar-refractivity contribution in [1.82, 2.24) is 14.7 Å². The minimum absolute atomic E-state index is 0.0252. The van der Waals surface area contributed by atoms with E-state index in [0.29, 0.717) is 39.0 Å². The van der Waals surface area contributed by atoms with E-state index < -0.39 is 5.60 Å². The molecule has 1 atom stereocenters. The molecule has 0 radical (unpaired) electrons. The van der Waals surface area contributed by atoms with Gasteiger partial charge in [0.25, 0.3) is 0 Å². The lowest BCUT2D eigenvalue weighted by atomic mass is 9.73. The molecule has 2 aromatic carbocycles. The molecule has 3 amide bonds. The van der Waals surface area contributed by atoms with Crippen LogP contribution in [-0.2, 0) is 26.2 Å². The van der Waals surface area contributed by atoms with Crippen LogP contribution in [0.15, 0.2) is 46.9 Å². The van der Waals surface area contributed by atoms with E-state index in [2.05, 4.69) is 53.2 Å². The van der Waals surface area contributed by atoms with Crippen LogP contribution >= 0.6 is 15.9 Å². The number of halogens is 1. The lowest BCUT2D eigenvalue weighted by molar-refractivity contribution is -0.133. The first-order chi connectivity index (χ1) is 20.0. The Morgan fingerprint density at radius 2 is 1.52 bits per heavy atom. The van der Waals surface area contributed by atoms with E-state index in [4.69, 9.17) is 4.74 Å². The Balaban J connectivity index is 1.19. The van der Waals surface area contributed by atoms with E-state index in [1.807, 2.05) is 42.7 Å². The van der Waals surface area contributed by atoms with Crippen LogP contribution in [0.3, 0.4) is 0 Å². The number of nitrogens with zero attached hydrogens (tertiary/aromatic N) is 3. The van der Waals surface area contributed by atoms with Crippen LogP contribution in [0.1, 0.15) is 81.0 Å². The number of ether oxygens (including phenoxy) is 1. The van der Waals surface area contributed by atoms with E-state index in [9.17, 15) is 14.4 Å². The molecule has 2 aliphatic heterocycles. The fourth-order valence-electron chi connectivity index (χ4n) is 7.04. The largest absolute Gasteiger partial charge is 0.444 e. The zero-order valence-corrected chi connectivity index (χ0v) is 27.0. The van der Waals surface area contributed by atoms with Crippen molar-refractivity contribution in [2.45, 2.75) is 83.2 Å². The lowest BCUT2D eigenvalue weighted by Crippen LogP contribution is -2.51. The van der Waals surface area contributed by atoms with Crippen molar-refractivity contribution in [3.05, 3.63) is 69.2 Å². The van der Waals surface area contributed by atoms with E-state index in [0.717, 1.165) is 43.2 Å². The summed E-state index contributed by atoms with van der Waals surface area (Å²) in [4.78, 5) is 44.8. The minimum atomic E-state index is -0.533. The Hall–Kier alpha value is -2.87. The second kappa shape index (κ2) is 12.4. The fraction of sp³-hybridized carbons (Fsp3) is 0.559. The van der Waals surface area contributed by atoms with Gasteiger partial charge in [-0.3, -0.25) is 9.59 Å². The SMILES string of the molecule is Cc1ccccc1CCC(=O)N1CCC2(CC1)CC(CC(=O)N1CCN(C(=O)OC(C)(C)C)CC1)c1cccc(Br)c12. The Kier molecular flexibility index (Phi) is 9.02. The summed E-state index contributed by atoms with van der Waals surface area (Å²) in [7, 11) is 0. The third-order valence-electron chi connectivity index (χ3n) is 9.30. The van der Waals surface area contributed by atoms with Crippen molar-refractivity contribution in [3.8, 4) is 0 Å². The van der Waals surface area contributed by atoms with Crippen molar-refractivity contribution >= 4 is 33.8 Å². The molecule has 8 heteroatoms. The molecule has 2 heterocycles. The van der Waals surface area contributed by atoms with E-state index in [-0.39, 0.29) is 29.2 Å². The van der Waals surface area contributed by atoms with Gasteiger partial charge >= 0.3 is 6.09 Å². The number of piperazine rings is 1. The summed E-state index contributed by atoms with van der Waals surface area (Å²) < 4.78 is 6.62. The zero-order chi connectivity index (χ0) is 30.1. The molecule has 0 saturated carbocycles. The molecule has 1 spiro atoms. The summed E-state index contributed by atoms with van der Waals surface area (Å²) in [5.41, 5.74) is 4.53. The van der Waals surface area contributed by atoms with Gasteiger partial charge in [-0.25, -0.2) is 4.79 Å². The van der Waals surface area contributed by atoms with E-state index in [1.54, 1.807) is 4.90 Å². The first-order valence-electron chi connectivity index (χ1n) is 15.3. The Morgan fingerprint density at radius 3 is 2.19 bits per heavy atom. The molecule has 0 N–H and O–H groups in total.